The Kier molecular flexibility index (Phi) is 6.92. The Bertz CT molecular complexity index is 1310. The molecule has 4 aromatic rings. The molecule has 3 aromatic carbocycles. The molecule has 0 saturated heterocycles. The second-order valence-electron chi connectivity index (χ2n) is 7.28. The van der Waals surface area contributed by atoms with Crippen LogP contribution in [0.3, 0.4) is 0 Å². The third-order valence-corrected chi connectivity index (χ3v) is 5.14. The van der Waals surface area contributed by atoms with Crippen LogP contribution in [-0.2, 0) is 6.54 Å². The minimum Gasteiger partial charge on any atom is -0.495 e. The number of hydrogen-bond donors (Lipinski definition) is 3. The van der Waals surface area contributed by atoms with E-state index in [0.29, 0.717) is 41.0 Å². The standard InChI is InChI=1S/C25H25N5O4/c1-32-21-10-5-4-9-19(21)30-25(31)29-17-8-6-7-16(11-17)14-26-24-18-12-22(33-2)23(34-3)13-20(18)27-15-28-24/h4-13,15H,14H2,1-3H3,(H,26,27,28)(H2,29,30,31). The molecule has 2 amide bonds. The normalized spacial score (nSPS) is 10.4. The first-order valence-electron chi connectivity index (χ1n) is 10.5. The van der Waals surface area contributed by atoms with Gasteiger partial charge in [0.1, 0.15) is 17.9 Å². The summed E-state index contributed by atoms with van der Waals surface area (Å²) in [7, 11) is 4.73. The lowest BCUT2D eigenvalue weighted by atomic mass is 10.1. The van der Waals surface area contributed by atoms with Crippen molar-refractivity contribution >= 4 is 34.1 Å². The Balaban J connectivity index is 1.46. The number of methoxy groups -OCH3 is 3. The van der Waals surface area contributed by atoms with E-state index in [1.807, 2.05) is 48.5 Å². The van der Waals surface area contributed by atoms with Crippen LogP contribution in [0.4, 0.5) is 22.0 Å². The number of urea groups is 1. The van der Waals surface area contributed by atoms with Gasteiger partial charge in [0.2, 0.25) is 0 Å². The van der Waals surface area contributed by atoms with Crippen molar-refractivity contribution in [2.75, 3.05) is 37.3 Å². The average molecular weight is 460 g/mol. The van der Waals surface area contributed by atoms with Crippen molar-refractivity contribution in [3.8, 4) is 17.2 Å². The predicted molar refractivity (Wildman–Crippen MR) is 132 cm³/mol. The molecule has 0 unspecified atom stereocenters. The number of carbonyl (C=O) groups is 1. The summed E-state index contributed by atoms with van der Waals surface area (Å²) in [6, 6.07) is 18.1. The number of aromatic nitrogens is 2. The summed E-state index contributed by atoms with van der Waals surface area (Å²) in [4.78, 5) is 21.2. The van der Waals surface area contributed by atoms with Crippen molar-refractivity contribution in [2.24, 2.45) is 0 Å². The topological polar surface area (TPSA) is 107 Å². The molecule has 3 N–H and O–H groups in total. The summed E-state index contributed by atoms with van der Waals surface area (Å²) in [6.07, 6.45) is 1.50. The van der Waals surface area contributed by atoms with E-state index in [-0.39, 0.29) is 6.03 Å². The second kappa shape index (κ2) is 10.4. The number of ether oxygens (including phenoxy) is 3. The Hall–Kier alpha value is -4.53. The molecule has 4 rings (SSSR count). The fraction of sp³-hybridized carbons (Fsp3) is 0.160. The van der Waals surface area contributed by atoms with Gasteiger partial charge in [-0.05, 0) is 35.9 Å². The van der Waals surface area contributed by atoms with Crippen molar-refractivity contribution in [3.63, 3.8) is 0 Å². The predicted octanol–water partition coefficient (Wildman–Crippen LogP) is 4.91. The number of amides is 2. The Morgan fingerprint density at radius 3 is 2.38 bits per heavy atom. The van der Waals surface area contributed by atoms with Crippen molar-refractivity contribution < 1.29 is 19.0 Å². The van der Waals surface area contributed by atoms with Crippen molar-refractivity contribution in [1.29, 1.82) is 0 Å². The summed E-state index contributed by atoms with van der Waals surface area (Å²) in [5.74, 6) is 2.45. The van der Waals surface area contributed by atoms with E-state index in [4.69, 9.17) is 14.2 Å². The van der Waals surface area contributed by atoms with Gasteiger partial charge in [-0.25, -0.2) is 14.8 Å². The minimum absolute atomic E-state index is 0.363. The molecular formula is C25H25N5O4. The van der Waals surface area contributed by atoms with Gasteiger partial charge in [0.05, 0.1) is 32.5 Å². The van der Waals surface area contributed by atoms with Gasteiger partial charge in [0.25, 0.3) is 0 Å². The van der Waals surface area contributed by atoms with Gasteiger partial charge in [-0.15, -0.1) is 0 Å². The Morgan fingerprint density at radius 1 is 0.824 bits per heavy atom. The number of anilines is 3. The first kappa shape index (κ1) is 22.7. The molecule has 0 fully saturated rings. The highest BCUT2D eigenvalue weighted by Crippen LogP contribution is 2.33. The minimum atomic E-state index is -0.363. The van der Waals surface area contributed by atoms with Crippen LogP contribution in [0.5, 0.6) is 17.2 Å². The molecule has 0 spiro atoms. The van der Waals surface area contributed by atoms with Crippen molar-refractivity contribution in [1.82, 2.24) is 9.97 Å². The van der Waals surface area contributed by atoms with Crippen LogP contribution < -0.4 is 30.2 Å². The molecular weight excluding hydrogens is 434 g/mol. The van der Waals surface area contributed by atoms with Crippen LogP contribution in [0.2, 0.25) is 0 Å². The number of nitrogens with one attached hydrogen (secondary N) is 3. The maximum absolute atomic E-state index is 12.5. The molecule has 0 aliphatic rings. The van der Waals surface area contributed by atoms with Crippen LogP contribution in [0.25, 0.3) is 10.9 Å². The van der Waals surface area contributed by atoms with E-state index in [1.165, 1.54) is 6.33 Å². The van der Waals surface area contributed by atoms with E-state index in [2.05, 4.69) is 25.9 Å². The highest BCUT2D eigenvalue weighted by Gasteiger charge is 2.11. The number of benzene rings is 3. The Morgan fingerprint density at radius 2 is 1.59 bits per heavy atom. The monoisotopic (exact) mass is 459 g/mol. The lowest BCUT2D eigenvalue weighted by molar-refractivity contribution is 0.262. The molecule has 1 aromatic heterocycles. The SMILES string of the molecule is COc1ccccc1NC(=O)Nc1cccc(CNc2ncnc3cc(OC)c(OC)cc23)c1. The maximum atomic E-state index is 12.5. The van der Waals surface area contributed by atoms with Crippen LogP contribution in [0.1, 0.15) is 5.56 Å². The first-order chi connectivity index (χ1) is 16.6. The zero-order valence-electron chi connectivity index (χ0n) is 19.1. The van der Waals surface area contributed by atoms with Crippen LogP contribution >= 0.6 is 0 Å². The van der Waals surface area contributed by atoms with Crippen molar-refractivity contribution in [3.05, 3.63) is 72.6 Å². The molecule has 0 atom stereocenters. The number of fused-ring (bicyclic) bond motifs is 1. The lowest BCUT2D eigenvalue weighted by Crippen LogP contribution is -2.19. The van der Waals surface area contributed by atoms with Gasteiger partial charge in [0, 0.05) is 23.7 Å². The van der Waals surface area contributed by atoms with Gasteiger partial charge >= 0.3 is 6.03 Å². The molecule has 174 valence electrons. The smallest absolute Gasteiger partial charge is 0.323 e. The zero-order valence-corrected chi connectivity index (χ0v) is 19.1. The molecule has 34 heavy (non-hydrogen) atoms. The molecule has 0 bridgehead atoms. The summed E-state index contributed by atoms with van der Waals surface area (Å²) >= 11 is 0. The molecule has 0 aliphatic carbocycles. The summed E-state index contributed by atoms with van der Waals surface area (Å²) in [5, 5.41) is 9.79. The molecule has 9 heteroatoms. The summed E-state index contributed by atoms with van der Waals surface area (Å²) in [5.41, 5.74) is 2.94. The van der Waals surface area contributed by atoms with Crippen LogP contribution in [0.15, 0.2) is 67.0 Å². The number of hydrogen-bond acceptors (Lipinski definition) is 7. The van der Waals surface area contributed by atoms with E-state index >= 15 is 0 Å². The highest BCUT2D eigenvalue weighted by molar-refractivity contribution is 6.00. The number of rotatable bonds is 8. The average Bonchev–Trinajstić information content (AvgIpc) is 2.87. The van der Waals surface area contributed by atoms with E-state index < -0.39 is 0 Å². The molecule has 1 heterocycles. The third-order valence-electron chi connectivity index (χ3n) is 5.14. The number of para-hydroxylation sites is 2. The fourth-order valence-electron chi connectivity index (χ4n) is 3.50. The molecule has 9 nitrogen and oxygen atoms in total. The largest absolute Gasteiger partial charge is 0.495 e. The Labute approximate surface area is 197 Å². The number of nitrogens with zero attached hydrogens (tertiary/aromatic N) is 2. The van der Waals surface area contributed by atoms with Gasteiger partial charge in [-0.3, -0.25) is 0 Å². The van der Waals surface area contributed by atoms with Crippen LogP contribution in [0, 0.1) is 0 Å². The van der Waals surface area contributed by atoms with Gasteiger partial charge in [0.15, 0.2) is 11.5 Å². The summed E-state index contributed by atoms with van der Waals surface area (Å²) in [6.45, 7) is 0.490. The van der Waals surface area contributed by atoms with E-state index in [0.717, 1.165) is 16.5 Å². The summed E-state index contributed by atoms with van der Waals surface area (Å²) < 4.78 is 16.0. The van der Waals surface area contributed by atoms with Crippen molar-refractivity contribution in [2.45, 2.75) is 6.54 Å². The van der Waals surface area contributed by atoms with Gasteiger partial charge in [-0.1, -0.05) is 24.3 Å². The van der Waals surface area contributed by atoms with Gasteiger partial charge < -0.3 is 30.2 Å². The lowest BCUT2D eigenvalue weighted by Gasteiger charge is -2.13. The highest BCUT2D eigenvalue weighted by atomic mass is 16.5. The second-order valence-corrected chi connectivity index (χ2v) is 7.28. The molecule has 0 aliphatic heterocycles. The zero-order chi connectivity index (χ0) is 23.9. The quantitative estimate of drug-likeness (QED) is 0.344. The third kappa shape index (κ3) is 5.09. The first-order valence-corrected chi connectivity index (χ1v) is 10.5. The van der Waals surface area contributed by atoms with E-state index in [1.54, 1.807) is 33.5 Å². The molecule has 0 saturated carbocycles. The van der Waals surface area contributed by atoms with Gasteiger partial charge in [-0.2, -0.15) is 0 Å². The van der Waals surface area contributed by atoms with E-state index in [9.17, 15) is 4.79 Å². The maximum Gasteiger partial charge on any atom is 0.323 e. The van der Waals surface area contributed by atoms with Crippen LogP contribution in [-0.4, -0.2) is 37.3 Å². The fourth-order valence-corrected chi connectivity index (χ4v) is 3.50. The molecule has 0 radical (unpaired) electrons. The number of carbonyl (C=O) groups excluding carboxylic acids is 1.